The number of para-hydroxylation sites is 2. The number of ether oxygens (including phenoxy) is 1. The topological polar surface area (TPSA) is 71.8 Å². The second kappa shape index (κ2) is 8.04. The van der Waals surface area contributed by atoms with Crippen molar-refractivity contribution in [1.29, 1.82) is 0 Å². The van der Waals surface area contributed by atoms with E-state index < -0.39 is 6.04 Å². The first kappa shape index (κ1) is 20.1. The molecule has 162 valence electrons. The summed E-state index contributed by atoms with van der Waals surface area (Å²) in [6, 6.07) is 17.6. The first-order valence-corrected chi connectivity index (χ1v) is 10.7. The van der Waals surface area contributed by atoms with Crippen LogP contribution in [0.4, 0.5) is 11.4 Å². The van der Waals surface area contributed by atoms with Crippen LogP contribution in [0.3, 0.4) is 0 Å². The Morgan fingerprint density at radius 1 is 1.06 bits per heavy atom. The molecule has 0 saturated carbocycles. The van der Waals surface area contributed by atoms with Gasteiger partial charge in [-0.05, 0) is 60.9 Å². The Bertz CT molecular complexity index is 1190. The van der Waals surface area contributed by atoms with E-state index in [4.69, 9.17) is 9.15 Å². The maximum absolute atomic E-state index is 13.9. The number of benzene rings is 2. The summed E-state index contributed by atoms with van der Waals surface area (Å²) < 4.78 is 11.0. The number of anilines is 2. The predicted octanol–water partition coefficient (Wildman–Crippen LogP) is 5.35. The number of carbonyl (C=O) groups excluding carboxylic acids is 2. The molecule has 1 N–H and O–H groups in total. The highest BCUT2D eigenvalue weighted by atomic mass is 16.5. The van der Waals surface area contributed by atoms with E-state index in [1.165, 1.54) is 0 Å². The molecule has 0 unspecified atom stereocenters. The van der Waals surface area contributed by atoms with Gasteiger partial charge in [-0.25, -0.2) is 0 Å². The highest BCUT2D eigenvalue weighted by Crippen LogP contribution is 2.46. The third-order valence-electron chi connectivity index (χ3n) is 6.06. The van der Waals surface area contributed by atoms with Crippen molar-refractivity contribution in [3.8, 4) is 5.75 Å². The lowest BCUT2D eigenvalue weighted by Gasteiger charge is -2.33. The number of allylic oxidation sites excluding steroid dienone is 1. The van der Waals surface area contributed by atoms with Crippen molar-refractivity contribution in [1.82, 2.24) is 0 Å². The minimum absolute atomic E-state index is 0.0352. The van der Waals surface area contributed by atoms with Gasteiger partial charge in [-0.1, -0.05) is 19.1 Å². The van der Waals surface area contributed by atoms with Crippen molar-refractivity contribution in [2.45, 2.75) is 25.8 Å². The second-order valence-electron chi connectivity index (χ2n) is 8.29. The molecule has 1 aliphatic heterocycles. The molecule has 0 radical (unpaired) electrons. The molecule has 6 nitrogen and oxygen atoms in total. The van der Waals surface area contributed by atoms with E-state index in [2.05, 4.69) is 12.2 Å². The molecule has 2 heterocycles. The summed E-state index contributed by atoms with van der Waals surface area (Å²) in [6.45, 7) is 2.07. The Morgan fingerprint density at radius 3 is 2.56 bits per heavy atom. The van der Waals surface area contributed by atoms with Gasteiger partial charge in [0.05, 0.1) is 24.7 Å². The molecule has 0 spiro atoms. The zero-order valence-electron chi connectivity index (χ0n) is 18.0. The smallest absolute Gasteiger partial charge is 0.259 e. The lowest BCUT2D eigenvalue weighted by molar-refractivity contribution is -0.117. The molecule has 1 aliphatic carbocycles. The van der Waals surface area contributed by atoms with Gasteiger partial charge in [0, 0.05) is 23.3 Å². The monoisotopic (exact) mass is 428 g/mol. The first-order chi connectivity index (χ1) is 15.6. The van der Waals surface area contributed by atoms with Gasteiger partial charge in [0.1, 0.15) is 17.6 Å². The van der Waals surface area contributed by atoms with E-state index in [9.17, 15) is 9.59 Å². The number of rotatable bonds is 3. The highest BCUT2D eigenvalue weighted by Gasteiger charge is 2.42. The van der Waals surface area contributed by atoms with Crippen LogP contribution in [0.1, 0.15) is 41.9 Å². The van der Waals surface area contributed by atoms with Gasteiger partial charge in [-0.3, -0.25) is 14.5 Å². The van der Waals surface area contributed by atoms with Crippen LogP contribution in [0.25, 0.3) is 0 Å². The van der Waals surface area contributed by atoms with Crippen LogP contribution >= 0.6 is 0 Å². The normalized spacial score (nSPS) is 20.2. The lowest BCUT2D eigenvalue weighted by Crippen LogP contribution is -2.38. The van der Waals surface area contributed by atoms with Crippen molar-refractivity contribution in [3.63, 3.8) is 0 Å². The third-order valence-corrected chi connectivity index (χ3v) is 6.06. The Hall–Kier alpha value is -3.80. The number of nitrogens with one attached hydrogen (secondary N) is 1. The zero-order chi connectivity index (χ0) is 22.2. The van der Waals surface area contributed by atoms with Crippen LogP contribution in [-0.4, -0.2) is 18.8 Å². The molecular weight excluding hydrogens is 404 g/mol. The predicted molar refractivity (Wildman–Crippen MR) is 122 cm³/mol. The summed E-state index contributed by atoms with van der Waals surface area (Å²) in [7, 11) is 1.59. The van der Waals surface area contributed by atoms with Crippen LogP contribution in [0.15, 0.2) is 82.6 Å². The van der Waals surface area contributed by atoms with Crippen LogP contribution in [0, 0.1) is 5.92 Å². The summed E-state index contributed by atoms with van der Waals surface area (Å²) in [4.78, 5) is 29.0. The minimum atomic E-state index is -0.661. The number of nitrogens with zero attached hydrogens (tertiary/aromatic N) is 1. The van der Waals surface area contributed by atoms with Crippen LogP contribution in [0.2, 0.25) is 0 Å². The SMILES string of the molecule is COc1ccc(C(=O)N2c3ccccc3NC3=C(C(=O)C[C@H](C)C3)[C@H]2c2ccco2)cc1. The standard InChI is InChI=1S/C26H24N2O4/c1-16-14-20-24(22(29)15-16)25(23-8-5-13-32-23)28(21-7-4-3-6-19(21)27-20)26(30)17-9-11-18(31-2)12-10-17/h3-13,16,25,27H,14-15H2,1-2H3/t16-,25-/m1/s1. The van der Waals surface area contributed by atoms with Crippen LogP contribution in [0.5, 0.6) is 5.75 Å². The molecule has 1 aromatic heterocycles. The van der Waals surface area contributed by atoms with Gasteiger partial charge in [-0.15, -0.1) is 0 Å². The van der Waals surface area contributed by atoms with Gasteiger partial charge in [0.2, 0.25) is 0 Å². The van der Waals surface area contributed by atoms with Gasteiger partial charge in [-0.2, -0.15) is 0 Å². The van der Waals surface area contributed by atoms with Crippen molar-refractivity contribution in [3.05, 3.63) is 89.5 Å². The van der Waals surface area contributed by atoms with Crippen LogP contribution in [-0.2, 0) is 4.79 Å². The summed E-state index contributed by atoms with van der Waals surface area (Å²) in [5.41, 5.74) is 3.43. The number of hydrogen-bond donors (Lipinski definition) is 1. The Labute approximate surface area is 186 Å². The number of ketones is 1. The molecule has 6 heteroatoms. The van der Waals surface area contributed by atoms with Crippen LogP contribution < -0.4 is 15.0 Å². The number of hydrogen-bond acceptors (Lipinski definition) is 5. The quantitative estimate of drug-likeness (QED) is 0.608. The summed E-state index contributed by atoms with van der Waals surface area (Å²) in [5.74, 6) is 1.27. The molecule has 2 atom stereocenters. The van der Waals surface area contributed by atoms with Gasteiger partial charge in [0.25, 0.3) is 5.91 Å². The molecule has 32 heavy (non-hydrogen) atoms. The fraction of sp³-hybridized carbons (Fsp3) is 0.231. The fourth-order valence-electron chi connectivity index (χ4n) is 4.60. The molecule has 0 saturated heterocycles. The van der Waals surface area contributed by atoms with E-state index in [0.717, 1.165) is 17.8 Å². The molecule has 1 amide bonds. The first-order valence-electron chi connectivity index (χ1n) is 10.7. The average Bonchev–Trinajstić information content (AvgIpc) is 3.28. The third kappa shape index (κ3) is 3.38. The number of methoxy groups -OCH3 is 1. The van der Waals surface area contributed by atoms with E-state index in [-0.39, 0.29) is 17.6 Å². The van der Waals surface area contributed by atoms with Gasteiger partial charge in [0.15, 0.2) is 5.78 Å². The number of fused-ring (bicyclic) bond motifs is 1. The highest BCUT2D eigenvalue weighted by molar-refractivity contribution is 6.11. The Kier molecular flexibility index (Phi) is 5.05. The Morgan fingerprint density at radius 2 is 1.84 bits per heavy atom. The number of furan rings is 1. The zero-order valence-corrected chi connectivity index (χ0v) is 18.0. The maximum atomic E-state index is 13.9. The average molecular weight is 428 g/mol. The molecule has 2 aliphatic rings. The van der Waals surface area contributed by atoms with Crippen molar-refractivity contribution >= 4 is 23.1 Å². The number of carbonyl (C=O) groups is 2. The Balaban J connectivity index is 1.73. The fourth-order valence-corrected chi connectivity index (χ4v) is 4.60. The van der Waals surface area contributed by atoms with Gasteiger partial charge < -0.3 is 14.5 Å². The molecule has 2 aromatic carbocycles. The van der Waals surface area contributed by atoms with E-state index in [1.54, 1.807) is 48.6 Å². The molecule has 0 fully saturated rings. The largest absolute Gasteiger partial charge is 0.497 e. The summed E-state index contributed by atoms with van der Waals surface area (Å²) in [6.07, 6.45) is 2.75. The van der Waals surface area contributed by atoms with Crippen molar-refractivity contribution in [2.24, 2.45) is 5.92 Å². The molecular formula is C26H24N2O4. The minimum Gasteiger partial charge on any atom is -0.497 e. The van der Waals surface area contributed by atoms with E-state index in [1.807, 2.05) is 30.3 Å². The maximum Gasteiger partial charge on any atom is 0.259 e. The molecule has 0 bridgehead atoms. The number of amides is 1. The summed E-state index contributed by atoms with van der Waals surface area (Å²) in [5, 5.41) is 3.47. The van der Waals surface area contributed by atoms with Gasteiger partial charge >= 0.3 is 0 Å². The lowest BCUT2D eigenvalue weighted by atomic mass is 9.83. The summed E-state index contributed by atoms with van der Waals surface area (Å²) >= 11 is 0. The van der Waals surface area contributed by atoms with Crippen molar-refractivity contribution < 1.29 is 18.7 Å². The molecule has 5 rings (SSSR count). The second-order valence-corrected chi connectivity index (χ2v) is 8.29. The molecule has 3 aromatic rings. The van der Waals surface area contributed by atoms with Crippen molar-refractivity contribution in [2.75, 3.05) is 17.3 Å². The number of Topliss-reactive ketones (excluding diaryl/α,β-unsaturated/α-hetero) is 1. The van der Waals surface area contributed by atoms with E-state index >= 15 is 0 Å². The van der Waals surface area contributed by atoms with E-state index in [0.29, 0.717) is 34.8 Å².